The Morgan fingerprint density at radius 1 is 1.04 bits per heavy atom. The Balaban J connectivity index is 2.13. The van der Waals surface area contributed by atoms with Crippen molar-refractivity contribution >= 4 is 17.5 Å². The molecule has 0 saturated carbocycles. The van der Waals surface area contributed by atoms with Gasteiger partial charge in [0, 0.05) is 16.1 Å². The Morgan fingerprint density at radius 2 is 1.65 bits per heavy atom. The van der Waals surface area contributed by atoms with E-state index < -0.39 is 11.8 Å². The Hall–Kier alpha value is -1.88. The van der Waals surface area contributed by atoms with Gasteiger partial charge in [-0.25, -0.2) is 9.78 Å². The van der Waals surface area contributed by atoms with Crippen LogP contribution in [-0.2, 0) is 9.78 Å². The zero-order chi connectivity index (χ0) is 16.9. The maximum Gasteiger partial charge on any atom is 0.253 e. The minimum Gasteiger partial charge on any atom is -0.320 e. The highest BCUT2D eigenvalue weighted by atomic mass is 35.5. The van der Waals surface area contributed by atoms with Gasteiger partial charge >= 0.3 is 0 Å². The number of amides is 1. The molecule has 1 unspecified atom stereocenters. The second-order valence-corrected chi connectivity index (χ2v) is 6.50. The van der Waals surface area contributed by atoms with Gasteiger partial charge in [0.25, 0.3) is 5.91 Å². The van der Waals surface area contributed by atoms with E-state index >= 15 is 0 Å². The molecule has 0 aliphatic rings. The summed E-state index contributed by atoms with van der Waals surface area (Å²) in [5.74, 6) is -0.270. The molecule has 122 valence electrons. The first-order valence-corrected chi connectivity index (χ1v) is 7.69. The third kappa shape index (κ3) is 5.67. The first-order chi connectivity index (χ1) is 10.8. The summed E-state index contributed by atoms with van der Waals surface area (Å²) >= 11 is 5.84. The molecule has 2 aromatic carbocycles. The van der Waals surface area contributed by atoms with Gasteiger partial charge in [-0.05, 0) is 45.0 Å². The fraction of sp³-hybridized carbons (Fsp3) is 0.278. The van der Waals surface area contributed by atoms with Crippen molar-refractivity contribution in [3.63, 3.8) is 0 Å². The van der Waals surface area contributed by atoms with Gasteiger partial charge in [0.1, 0.15) is 0 Å². The molecular weight excluding hydrogens is 314 g/mol. The highest BCUT2D eigenvalue weighted by Gasteiger charge is 2.21. The molecule has 5 heteroatoms. The number of benzene rings is 2. The van der Waals surface area contributed by atoms with Gasteiger partial charge in [-0.1, -0.05) is 41.9 Å². The van der Waals surface area contributed by atoms with Crippen molar-refractivity contribution in [2.45, 2.75) is 32.6 Å². The summed E-state index contributed by atoms with van der Waals surface area (Å²) in [6, 6.07) is 16.0. The van der Waals surface area contributed by atoms with Crippen LogP contribution in [0.3, 0.4) is 0 Å². The van der Waals surface area contributed by atoms with Crippen LogP contribution in [0.25, 0.3) is 0 Å². The zero-order valence-corrected chi connectivity index (χ0v) is 14.1. The largest absolute Gasteiger partial charge is 0.320 e. The molecule has 0 saturated heterocycles. The highest BCUT2D eigenvalue weighted by Crippen LogP contribution is 2.19. The molecule has 2 aromatic rings. The fourth-order valence-corrected chi connectivity index (χ4v) is 1.91. The summed E-state index contributed by atoms with van der Waals surface area (Å²) < 4.78 is 0. The van der Waals surface area contributed by atoms with E-state index in [1.807, 2.05) is 51.1 Å². The fourth-order valence-electron chi connectivity index (χ4n) is 1.79. The van der Waals surface area contributed by atoms with E-state index in [9.17, 15) is 4.79 Å². The lowest BCUT2D eigenvalue weighted by Gasteiger charge is -2.24. The number of carbonyl (C=O) groups excluding carboxylic acids is 1. The average Bonchev–Trinajstić information content (AvgIpc) is 2.52. The van der Waals surface area contributed by atoms with Crippen LogP contribution in [0.5, 0.6) is 0 Å². The number of rotatable bonds is 5. The van der Waals surface area contributed by atoms with E-state index in [1.165, 1.54) is 0 Å². The lowest BCUT2D eigenvalue weighted by atomic mass is 10.1. The first kappa shape index (κ1) is 17.5. The molecule has 0 aliphatic heterocycles. The van der Waals surface area contributed by atoms with Gasteiger partial charge in [0.2, 0.25) is 0 Å². The second kappa shape index (κ2) is 7.59. The average molecular weight is 334 g/mol. The van der Waals surface area contributed by atoms with Crippen molar-refractivity contribution in [2.75, 3.05) is 0 Å². The maximum atomic E-state index is 12.4. The topological polar surface area (TPSA) is 47.6 Å². The van der Waals surface area contributed by atoms with E-state index in [1.54, 1.807) is 24.3 Å². The van der Waals surface area contributed by atoms with E-state index in [0.29, 0.717) is 10.6 Å². The van der Waals surface area contributed by atoms with E-state index in [-0.39, 0.29) is 5.91 Å². The van der Waals surface area contributed by atoms with Crippen molar-refractivity contribution in [3.8, 4) is 0 Å². The summed E-state index contributed by atoms with van der Waals surface area (Å²) in [5.41, 5.74) is 0.798. The standard InChI is InChI=1S/C18H20ClNO3/c1-18(2,3)23-22-17(14-7-5-4-6-8-14)20-16(21)13-9-11-15(19)12-10-13/h4-12,17H,1-3H3,(H,20,21). The quantitative estimate of drug-likeness (QED) is 0.497. The Labute approximate surface area is 141 Å². The molecule has 2 rings (SSSR count). The van der Waals surface area contributed by atoms with Crippen LogP contribution in [0.2, 0.25) is 5.02 Å². The van der Waals surface area contributed by atoms with Gasteiger partial charge in [-0.3, -0.25) is 4.79 Å². The summed E-state index contributed by atoms with van der Waals surface area (Å²) in [7, 11) is 0. The number of nitrogens with one attached hydrogen (secondary N) is 1. The van der Waals surface area contributed by atoms with Crippen LogP contribution in [0.15, 0.2) is 54.6 Å². The predicted octanol–water partition coefficient (Wildman–Crippen LogP) is 4.52. The predicted molar refractivity (Wildman–Crippen MR) is 90.0 cm³/mol. The van der Waals surface area contributed by atoms with Crippen molar-refractivity contribution in [2.24, 2.45) is 0 Å². The number of halogens is 1. The number of hydrogen-bond donors (Lipinski definition) is 1. The summed E-state index contributed by atoms with van der Waals surface area (Å²) in [4.78, 5) is 23.2. The minimum absolute atomic E-state index is 0.270. The van der Waals surface area contributed by atoms with Gasteiger partial charge in [0.15, 0.2) is 6.23 Å². The van der Waals surface area contributed by atoms with Crippen LogP contribution < -0.4 is 5.32 Å². The third-order valence-corrected chi connectivity index (χ3v) is 3.12. The molecule has 1 atom stereocenters. The van der Waals surface area contributed by atoms with Gasteiger partial charge in [0.05, 0.1) is 5.60 Å². The summed E-state index contributed by atoms with van der Waals surface area (Å²) in [6.07, 6.45) is -0.710. The minimum atomic E-state index is -0.710. The molecule has 0 fully saturated rings. The molecule has 0 aliphatic carbocycles. The van der Waals surface area contributed by atoms with E-state index in [4.69, 9.17) is 21.4 Å². The Bertz CT molecular complexity index is 636. The molecule has 0 aromatic heterocycles. The normalized spacial score (nSPS) is 12.7. The maximum absolute atomic E-state index is 12.4. The second-order valence-electron chi connectivity index (χ2n) is 6.06. The number of carbonyl (C=O) groups is 1. The zero-order valence-electron chi connectivity index (χ0n) is 13.4. The molecule has 1 amide bonds. The molecule has 0 bridgehead atoms. The molecule has 0 heterocycles. The number of hydrogen-bond acceptors (Lipinski definition) is 3. The van der Waals surface area contributed by atoms with Crippen LogP contribution in [0.4, 0.5) is 0 Å². The van der Waals surface area contributed by atoms with Crippen molar-refractivity contribution in [3.05, 3.63) is 70.7 Å². The van der Waals surface area contributed by atoms with Crippen LogP contribution in [0, 0.1) is 0 Å². The Kier molecular flexibility index (Phi) is 5.77. The van der Waals surface area contributed by atoms with E-state index in [2.05, 4.69) is 5.32 Å². The van der Waals surface area contributed by atoms with Crippen LogP contribution in [-0.4, -0.2) is 11.5 Å². The molecule has 23 heavy (non-hydrogen) atoms. The van der Waals surface area contributed by atoms with Crippen LogP contribution in [0.1, 0.15) is 42.9 Å². The van der Waals surface area contributed by atoms with Crippen molar-refractivity contribution < 1.29 is 14.6 Å². The van der Waals surface area contributed by atoms with Gasteiger partial charge in [-0.2, -0.15) is 0 Å². The lowest BCUT2D eigenvalue weighted by Crippen LogP contribution is -2.32. The molecule has 0 radical (unpaired) electrons. The van der Waals surface area contributed by atoms with Gasteiger partial charge in [-0.15, -0.1) is 0 Å². The summed E-state index contributed by atoms with van der Waals surface area (Å²) in [5, 5.41) is 3.39. The lowest BCUT2D eigenvalue weighted by molar-refractivity contribution is -0.379. The monoisotopic (exact) mass is 333 g/mol. The summed E-state index contributed by atoms with van der Waals surface area (Å²) in [6.45, 7) is 5.61. The van der Waals surface area contributed by atoms with Crippen molar-refractivity contribution in [1.82, 2.24) is 5.32 Å². The van der Waals surface area contributed by atoms with E-state index in [0.717, 1.165) is 5.56 Å². The van der Waals surface area contributed by atoms with Gasteiger partial charge < -0.3 is 5.32 Å². The molecule has 1 N–H and O–H groups in total. The molecule has 4 nitrogen and oxygen atoms in total. The third-order valence-electron chi connectivity index (χ3n) is 2.87. The molecule has 0 spiro atoms. The van der Waals surface area contributed by atoms with Crippen LogP contribution >= 0.6 is 11.6 Å². The highest BCUT2D eigenvalue weighted by molar-refractivity contribution is 6.30. The first-order valence-electron chi connectivity index (χ1n) is 7.31. The molecular formula is C18H20ClNO3. The smallest absolute Gasteiger partial charge is 0.253 e. The SMILES string of the molecule is CC(C)(C)OOC(NC(=O)c1ccc(Cl)cc1)c1ccccc1. The Morgan fingerprint density at radius 3 is 2.22 bits per heavy atom. The van der Waals surface area contributed by atoms with Crippen molar-refractivity contribution in [1.29, 1.82) is 0 Å².